The fourth-order valence-corrected chi connectivity index (χ4v) is 5.57. The lowest BCUT2D eigenvalue weighted by molar-refractivity contribution is -0.132. The van der Waals surface area contributed by atoms with Crippen LogP contribution in [0.2, 0.25) is 0 Å². The van der Waals surface area contributed by atoms with Crippen molar-refractivity contribution in [1.29, 1.82) is 0 Å². The van der Waals surface area contributed by atoms with Gasteiger partial charge in [-0.1, -0.05) is 41.7 Å². The summed E-state index contributed by atoms with van der Waals surface area (Å²) in [5.41, 5.74) is 3.92. The van der Waals surface area contributed by atoms with Crippen molar-refractivity contribution in [2.45, 2.75) is 19.9 Å². The van der Waals surface area contributed by atoms with E-state index in [0.717, 1.165) is 21.5 Å². The molecule has 1 amide bonds. The molecule has 2 heterocycles. The van der Waals surface area contributed by atoms with E-state index in [0.29, 0.717) is 28.6 Å². The summed E-state index contributed by atoms with van der Waals surface area (Å²) in [7, 11) is 3.88. The lowest BCUT2D eigenvalue weighted by Crippen LogP contribution is -2.29. The molecular formula is C29H27N3O4S. The number of hydrogen-bond donors (Lipinski definition) is 1. The molecule has 0 spiro atoms. The fraction of sp³-hybridized carbons (Fsp3) is 0.207. The summed E-state index contributed by atoms with van der Waals surface area (Å²) in [5, 5.41) is 11.8. The number of Topliss-reactive ketones (excluding diaryl/α,β-unsaturated/α-hetero) is 1. The van der Waals surface area contributed by atoms with Crippen molar-refractivity contribution in [2.24, 2.45) is 0 Å². The molecule has 0 aliphatic carbocycles. The number of carbonyl (C=O) groups excluding carboxylic acids is 2. The van der Waals surface area contributed by atoms with E-state index in [1.807, 2.05) is 75.3 Å². The number of amides is 1. The molecule has 3 aromatic carbocycles. The number of benzene rings is 3. The van der Waals surface area contributed by atoms with E-state index in [4.69, 9.17) is 4.74 Å². The van der Waals surface area contributed by atoms with Crippen molar-refractivity contribution in [2.75, 3.05) is 30.5 Å². The zero-order valence-electron chi connectivity index (χ0n) is 21.1. The number of aromatic nitrogens is 1. The van der Waals surface area contributed by atoms with Crippen LogP contribution in [-0.4, -0.2) is 42.5 Å². The number of hydrogen-bond acceptors (Lipinski definition) is 7. The Balaban J connectivity index is 1.70. The Bertz CT molecular complexity index is 1540. The Morgan fingerprint density at radius 3 is 2.54 bits per heavy atom. The average Bonchev–Trinajstić information content (AvgIpc) is 3.41. The van der Waals surface area contributed by atoms with Crippen molar-refractivity contribution in [3.8, 4) is 5.75 Å². The third-order valence-electron chi connectivity index (χ3n) is 6.33. The van der Waals surface area contributed by atoms with Crippen LogP contribution in [0, 0.1) is 6.92 Å². The number of ether oxygens (including phenoxy) is 1. The lowest BCUT2D eigenvalue weighted by atomic mass is 9.95. The second kappa shape index (κ2) is 9.71. The molecule has 7 nitrogen and oxygen atoms in total. The minimum absolute atomic E-state index is 0.0201. The SMILES string of the molecule is CCOc1cccc(C(O)=C2C(=O)C(=O)N(c3nc4ccc(C)cc4s3)C2c2ccc(N(C)C)cc2)c1. The van der Waals surface area contributed by atoms with E-state index in [1.165, 1.54) is 16.2 Å². The first kappa shape index (κ1) is 24.5. The first-order valence-corrected chi connectivity index (χ1v) is 12.8. The standard InChI is InChI=1S/C29H27N3O4S/c1-5-36-21-8-6-7-19(16-21)26(33)24-25(18-10-12-20(13-11-18)31(3)4)32(28(35)27(24)34)29-30-22-14-9-17(2)15-23(22)37-29/h6-16,25,33H,5H2,1-4H3. The first-order valence-electron chi connectivity index (χ1n) is 12.0. The largest absolute Gasteiger partial charge is 0.507 e. The number of fused-ring (bicyclic) bond motifs is 1. The molecule has 1 atom stereocenters. The number of carbonyl (C=O) groups is 2. The molecule has 1 N–H and O–H groups in total. The number of aliphatic hydroxyl groups excluding tert-OH is 1. The number of nitrogens with zero attached hydrogens (tertiary/aromatic N) is 3. The highest BCUT2D eigenvalue weighted by Crippen LogP contribution is 2.44. The molecule has 1 aliphatic heterocycles. The molecule has 1 fully saturated rings. The summed E-state index contributed by atoms with van der Waals surface area (Å²) < 4.78 is 6.50. The summed E-state index contributed by atoms with van der Waals surface area (Å²) in [6, 6.07) is 19.5. The van der Waals surface area contributed by atoms with Crippen LogP contribution in [-0.2, 0) is 9.59 Å². The van der Waals surface area contributed by atoms with Gasteiger partial charge in [-0.25, -0.2) is 4.98 Å². The Hall–Kier alpha value is -4.17. The van der Waals surface area contributed by atoms with Crippen LogP contribution in [0.5, 0.6) is 5.75 Å². The van der Waals surface area contributed by atoms with Crippen molar-refractivity contribution in [3.05, 3.63) is 89.0 Å². The average molecular weight is 514 g/mol. The number of ketones is 1. The van der Waals surface area contributed by atoms with Gasteiger partial charge in [0.25, 0.3) is 5.78 Å². The molecule has 8 heteroatoms. The van der Waals surface area contributed by atoms with Crippen molar-refractivity contribution in [1.82, 2.24) is 4.98 Å². The van der Waals surface area contributed by atoms with E-state index in [2.05, 4.69) is 4.98 Å². The summed E-state index contributed by atoms with van der Waals surface area (Å²) in [5.74, 6) is -1.16. The number of aryl methyl sites for hydroxylation is 1. The quantitative estimate of drug-likeness (QED) is 0.202. The molecule has 1 aliphatic rings. The van der Waals surface area contributed by atoms with Gasteiger partial charge in [-0.2, -0.15) is 0 Å². The number of anilines is 2. The molecule has 37 heavy (non-hydrogen) atoms. The monoisotopic (exact) mass is 513 g/mol. The van der Waals surface area contributed by atoms with Gasteiger partial charge >= 0.3 is 5.91 Å². The first-order chi connectivity index (χ1) is 17.8. The Labute approximate surface area is 219 Å². The maximum Gasteiger partial charge on any atom is 0.301 e. The molecule has 188 valence electrons. The van der Waals surface area contributed by atoms with Gasteiger partial charge in [-0.3, -0.25) is 14.5 Å². The normalized spacial score (nSPS) is 17.0. The van der Waals surface area contributed by atoms with Crippen molar-refractivity contribution in [3.63, 3.8) is 0 Å². The van der Waals surface area contributed by atoms with E-state index >= 15 is 0 Å². The number of aliphatic hydroxyl groups is 1. The Morgan fingerprint density at radius 1 is 1.08 bits per heavy atom. The van der Waals surface area contributed by atoms with Crippen LogP contribution < -0.4 is 14.5 Å². The van der Waals surface area contributed by atoms with Gasteiger partial charge in [0.1, 0.15) is 11.5 Å². The van der Waals surface area contributed by atoms with E-state index in [9.17, 15) is 14.7 Å². The van der Waals surface area contributed by atoms with E-state index < -0.39 is 17.7 Å². The van der Waals surface area contributed by atoms with Crippen LogP contribution in [0.3, 0.4) is 0 Å². The molecule has 0 saturated carbocycles. The smallest absolute Gasteiger partial charge is 0.301 e. The predicted octanol–water partition coefficient (Wildman–Crippen LogP) is 5.70. The van der Waals surface area contributed by atoms with E-state index in [1.54, 1.807) is 24.3 Å². The molecule has 1 aromatic heterocycles. The zero-order chi connectivity index (χ0) is 26.3. The van der Waals surface area contributed by atoms with Crippen molar-refractivity contribution < 1.29 is 19.4 Å². The molecule has 1 saturated heterocycles. The minimum atomic E-state index is -0.839. The molecule has 0 radical (unpaired) electrons. The summed E-state index contributed by atoms with van der Waals surface area (Å²) in [6.07, 6.45) is 0. The highest BCUT2D eigenvalue weighted by molar-refractivity contribution is 7.22. The van der Waals surface area contributed by atoms with Crippen LogP contribution in [0.1, 0.15) is 29.7 Å². The third kappa shape index (κ3) is 4.44. The van der Waals surface area contributed by atoms with Crippen LogP contribution in [0.15, 0.2) is 72.3 Å². The van der Waals surface area contributed by atoms with Gasteiger partial charge in [0.05, 0.1) is 28.4 Å². The molecular weight excluding hydrogens is 486 g/mol. The Kier molecular flexibility index (Phi) is 6.43. The van der Waals surface area contributed by atoms with Gasteiger partial charge in [-0.05, 0) is 61.4 Å². The highest BCUT2D eigenvalue weighted by atomic mass is 32.1. The van der Waals surface area contributed by atoms with Gasteiger partial charge in [0.2, 0.25) is 0 Å². The molecule has 5 rings (SSSR count). The predicted molar refractivity (Wildman–Crippen MR) is 148 cm³/mol. The maximum absolute atomic E-state index is 13.5. The second-order valence-electron chi connectivity index (χ2n) is 9.08. The Morgan fingerprint density at radius 2 is 1.84 bits per heavy atom. The van der Waals surface area contributed by atoms with Crippen LogP contribution >= 0.6 is 11.3 Å². The maximum atomic E-state index is 13.5. The van der Waals surface area contributed by atoms with Crippen molar-refractivity contribution >= 4 is 49.8 Å². The number of rotatable bonds is 6. The molecule has 1 unspecified atom stereocenters. The highest BCUT2D eigenvalue weighted by Gasteiger charge is 2.48. The van der Waals surface area contributed by atoms with Gasteiger partial charge < -0.3 is 14.7 Å². The molecule has 0 bridgehead atoms. The van der Waals surface area contributed by atoms with Gasteiger partial charge in [0, 0.05) is 25.3 Å². The summed E-state index contributed by atoms with van der Waals surface area (Å²) in [6.45, 7) is 4.33. The van der Waals surface area contributed by atoms with E-state index in [-0.39, 0.29) is 11.3 Å². The topological polar surface area (TPSA) is 83.0 Å². The second-order valence-corrected chi connectivity index (χ2v) is 10.1. The van der Waals surface area contributed by atoms with Gasteiger partial charge in [-0.15, -0.1) is 0 Å². The summed E-state index contributed by atoms with van der Waals surface area (Å²) >= 11 is 1.35. The molecule has 4 aromatic rings. The summed E-state index contributed by atoms with van der Waals surface area (Å²) in [4.78, 5) is 35.0. The van der Waals surface area contributed by atoms with Crippen LogP contribution in [0.25, 0.3) is 16.0 Å². The zero-order valence-corrected chi connectivity index (χ0v) is 21.9. The minimum Gasteiger partial charge on any atom is -0.507 e. The number of thiazole rings is 1. The third-order valence-corrected chi connectivity index (χ3v) is 7.34. The fourth-order valence-electron chi connectivity index (χ4n) is 4.48. The van der Waals surface area contributed by atoms with Crippen LogP contribution in [0.4, 0.5) is 10.8 Å². The van der Waals surface area contributed by atoms with Gasteiger partial charge in [0.15, 0.2) is 5.13 Å². The lowest BCUT2D eigenvalue weighted by Gasteiger charge is -2.23.